The van der Waals surface area contributed by atoms with Crippen LogP contribution in [-0.2, 0) is 0 Å². The van der Waals surface area contributed by atoms with Crippen molar-refractivity contribution in [3.8, 4) is 0 Å². The number of rotatable bonds is 5. The minimum Gasteiger partial charge on any atom is -0.476 e. The number of carbonyl (C=O) groups is 1. The first-order valence-electron chi connectivity index (χ1n) is 7.71. The van der Waals surface area contributed by atoms with Crippen molar-refractivity contribution in [3.05, 3.63) is 11.9 Å². The number of nitrogens with zero attached hydrogens (tertiary/aromatic N) is 5. The molecule has 21 heavy (non-hydrogen) atoms. The highest BCUT2D eigenvalue weighted by Crippen LogP contribution is 2.23. The van der Waals surface area contributed by atoms with E-state index in [2.05, 4.69) is 27.2 Å². The molecule has 2 aliphatic rings. The molecule has 1 aromatic rings. The Morgan fingerprint density at radius 2 is 2.24 bits per heavy atom. The average Bonchev–Trinajstić information content (AvgIpc) is 2.88. The molecule has 2 saturated heterocycles. The maximum atomic E-state index is 10.8. The molecule has 0 aliphatic carbocycles. The maximum Gasteiger partial charge on any atom is 0.358 e. The summed E-state index contributed by atoms with van der Waals surface area (Å²) in [5.74, 6) is -1.02. The van der Waals surface area contributed by atoms with Gasteiger partial charge in [0.2, 0.25) is 0 Å². The zero-order valence-electron chi connectivity index (χ0n) is 12.5. The van der Waals surface area contributed by atoms with Gasteiger partial charge in [0.1, 0.15) is 0 Å². The van der Waals surface area contributed by atoms with Gasteiger partial charge >= 0.3 is 5.97 Å². The second kappa shape index (κ2) is 6.11. The van der Waals surface area contributed by atoms with E-state index in [9.17, 15) is 4.79 Å². The molecule has 0 bridgehead atoms. The molecule has 116 valence electrons. The van der Waals surface area contributed by atoms with E-state index < -0.39 is 5.97 Å². The molecule has 0 saturated carbocycles. The van der Waals surface area contributed by atoms with Gasteiger partial charge < -0.3 is 10.0 Å². The lowest BCUT2D eigenvalue weighted by molar-refractivity contribution is 0.0689. The Kier molecular flexibility index (Phi) is 4.21. The van der Waals surface area contributed by atoms with Crippen molar-refractivity contribution in [1.29, 1.82) is 0 Å². The van der Waals surface area contributed by atoms with Crippen molar-refractivity contribution in [2.75, 3.05) is 33.2 Å². The third-order valence-electron chi connectivity index (χ3n) is 4.74. The molecule has 1 N–H and O–H groups in total. The highest BCUT2D eigenvalue weighted by Gasteiger charge is 2.30. The number of hydrogen-bond acceptors (Lipinski definition) is 5. The lowest BCUT2D eigenvalue weighted by Gasteiger charge is -2.41. The summed E-state index contributed by atoms with van der Waals surface area (Å²) in [4.78, 5) is 15.7. The highest BCUT2D eigenvalue weighted by atomic mass is 16.4. The SMILES string of the molecule is CN1CCCCC1CCN1CC(n2cc(C(=O)O)nn2)C1. The molecule has 7 heteroatoms. The van der Waals surface area contributed by atoms with E-state index in [1.807, 2.05) is 0 Å². The van der Waals surface area contributed by atoms with Crippen molar-refractivity contribution >= 4 is 5.97 Å². The number of hydrogen-bond donors (Lipinski definition) is 1. The summed E-state index contributed by atoms with van der Waals surface area (Å²) in [7, 11) is 2.23. The van der Waals surface area contributed by atoms with Gasteiger partial charge in [0, 0.05) is 19.1 Å². The first-order chi connectivity index (χ1) is 10.1. The largest absolute Gasteiger partial charge is 0.476 e. The number of likely N-dealkylation sites (tertiary alicyclic amines) is 2. The van der Waals surface area contributed by atoms with Gasteiger partial charge in [-0.1, -0.05) is 11.6 Å². The van der Waals surface area contributed by atoms with Crippen LogP contribution in [0.1, 0.15) is 42.2 Å². The Bertz CT molecular complexity index is 497. The number of carboxylic acids is 1. The third kappa shape index (κ3) is 3.24. The summed E-state index contributed by atoms with van der Waals surface area (Å²) in [6.45, 7) is 4.23. The molecule has 0 radical (unpaired) electrons. The molecular weight excluding hydrogens is 270 g/mol. The zero-order valence-corrected chi connectivity index (χ0v) is 12.5. The summed E-state index contributed by atoms with van der Waals surface area (Å²) < 4.78 is 1.69. The molecule has 3 rings (SSSR count). The maximum absolute atomic E-state index is 10.8. The predicted octanol–water partition coefficient (Wildman–Crippen LogP) is 0.707. The molecule has 2 aliphatic heterocycles. The standard InChI is InChI=1S/C14H23N5O2/c1-17-6-3-2-4-11(17)5-7-18-8-12(9-18)19-10-13(14(20)21)15-16-19/h10-12H,2-9H2,1H3,(H,20,21). The van der Waals surface area contributed by atoms with Crippen LogP contribution in [0.5, 0.6) is 0 Å². The molecule has 3 heterocycles. The van der Waals surface area contributed by atoms with E-state index in [4.69, 9.17) is 5.11 Å². The molecule has 2 fully saturated rings. The first kappa shape index (κ1) is 14.5. The number of piperidine rings is 1. The van der Waals surface area contributed by atoms with Crippen molar-refractivity contribution < 1.29 is 9.90 Å². The van der Waals surface area contributed by atoms with E-state index >= 15 is 0 Å². The summed E-state index contributed by atoms with van der Waals surface area (Å²) in [5, 5.41) is 16.4. The second-order valence-corrected chi connectivity index (χ2v) is 6.22. The van der Waals surface area contributed by atoms with Crippen molar-refractivity contribution in [3.63, 3.8) is 0 Å². The smallest absolute Gasteiger partial charge is 0.358 e. The van der Waals surface area contributed by atoms with Gasteiger partial charge in [-0.2, -0.15) is 0 Å². The van der Waals surface area contributed by atoms with E-state index in [0.29, 0.717) is 0 Å². The normalized spacial score (nSPS) is 24.9. The number of aromatic nitrogens is 3. The third-order valence-corrected chi connectivity index (χ3v) is 4.74. The highest BCUT2D eigenvalue weighted by molar-refractivity contribution is 5.84. The van der Waals surface area contributed by atoms with E-state index in [0.717, 1.165) is 25.7 Å². The van der Waals surface area contributed by atoms with Crippen LogP contribution in [0, 0.1) is 0 Å². The lowest BCUT2D eigenvalue weighted by Crippen LogP contribution is -2.49. The lowest BCUT2D eigenvalue weighted by atomic mass is 9.99. The molecule has 1 atom stereocenters. The van der Waals surface area contributed by atoms with Gasteiger partial charge in [0.15, 0.2) is 5.69 Å². The van der Waals surface area contributed by atoms with Crippen LogP contribution in [0.25, 0.3) is 0 Å². The Labute approximate surface area is 124 Å². The van der Waals surface area contributed by atoms with Crippen molar-refractivity contribution in [1.82, 2.24) is 24.8 Å². The summed E-state index contributed by atoms with van der Waals surface area (Å²) in [5.41, 5.74) is 0.0253. The first-order valence-corrected chi connectivity index (χ1v) is 7.71. The van der Waals surface area contributed by atoms with E-state index in [-0.39, 0.29) is 11.7 Å². The van der Waals surface area contributed by atoms with Crippen molar-refractivity contribution in [2.45, 2.75) is 37.8 Å². The fourth-order valence-corrected chi connectivity index (χ4v) is 3.29. The van der Waals surface area contributed by atoms with Crippen LogP contribution >= 0.6 is 0 Å². The monoisotopic (exact) mass is 293 g/mol. The van der Waals surface area contributed by atoms with Crippen LogP contribution in [0.4, 0.5) is 0 Å². The Morgan fingerprint density at radius 1 is 1.43 bits per heavy atom. The average molecular weight is 293 g/mol. The van der Waals surface area contributed by atoms with Gasteiger partial charge in [-0.05, 0) is 39.4 Å². The molecule has 0 aromatic carbocycles. The molecule has 7 nitrogen and oxygen atoms in total. The fourth-order valence-electron chi connectivity index (χ4n) is 3.29. The van der Waals surface area contributed by atoms with Crippen LogP contribution < -0.4 is 0 Å². The zero-order chi connectivity index (χ0) is 14.8. The fraction of sp³-hybridized carbons (Fsp3) is 0.786. The summed E-state index contributed by atoms with van der Waals surface area (Å²) >= 11 is 0. The number of aromatic carboxylic acids is 1. The van der Waals surface area contributed by atoms with Crippen LogP contribution in [0.15, 0.2) is 6.20 Å². The van der Waals surface area contributed by atoms with Gasteiger partial charge in [-0.15, -0.1) is 5.10 Å². The molecule has 0 spiro atoms. The van der Waals surface area contributed by atoms with Gasteiger partial charge in [-0.25, -0.2) is 9.48 Å². The van der Waals surface area contributed by atoms with Crippen LogP contribution in [-0.4, -0.2) is 75.1 Å². The van der Waals surface area contributed by atoms with E-state index in [1.54, 1.807) is 4.68 Å². The van der Waals surface area contributed by atoms with Gasteiger partial charge in [0.05, 0.1) is 12.2 Å². The van der Waals surface area contributed by atoms with Gasteiger partial charge in [0.25, 0.3) is 0 Å². The minimum atomic E-state index is -1.02. The van der Waals surface area contributed by atoms with Crippen molar-refractivity contribution in [2.24, 2.45) is 0 Å². The molecule has 1 aromatic heterocycles. The Balaban J connectivity index is 1.42. The Morgan fingerprint density at radius 3 is 2.90 bits per heavy atom. The minimum absolute atomic E-state index is 0.0253. The van der Waals surface area contributed by atoms with E-state index in [1.165, 1.54) is 38.4 Å². The van der Waals surface area contributed by atoms with Gasteiger partial charge in [-0.3, -0.25) is 4.90 Å². The summed E-state index contributed by atoms with van der Waals surface area (Å²) in [6, 6.07) is 0.998. The Hall–Kier alpha value is -1.47. The molecule has 0 amide bonds. The topological polar surface area (TPSA) is 74.5 Å². The quantitative estimate of drug-likeness (QED) is 0.862. The molecule has 1 unspecified atom stereocenters. The van der Waals surface area contributed by atoms with Crippen LogP contribution in [0.3, 0.4) is 0 Å². The van der Waals surface area contributed by atoms with Crippen LogP contribution in [0.2, 0.25) is 0 Å². The summed E-state index contributed by atoms with van der Waals surface area (Å²) in [6.07, 6.45) is 6.75. The second-order valence-electron chi connectivity index (χ2n) is 6.22. The molecular formula is C14H23N5O2. The number of carboxylic acid groups (broad SMARTS) is 1. The predicted molar refractivity (Wildman–Crippen MR) is 77.3 cm³/mol.